The zero-order valence-electron chi connectivity index (χ0n) is 11.7. The Labute approximate surface area is 130 Å². The van der Waals surface area contributed by atoms with Crippen molar-refractivity contribution >= 4 is 35.8 Å². The highest BCUT2D eigenvalue weighted by Gasteiger charge is 2.06. The van der Waals surface area contributed by atoms with Gasteiger partial charge in [-0.3, -0.25) is 9.79 Å². The molecule has 0 bridgehead atoms. The van der Waals surface area contributed by atoms with Crippen molar-refractivity contribution in [1.82, 2.24) is 25.1 Å². The SMILES string of the molecule is CN=C(NCC(=O)N(C)C)NCc1nccn1C.I. The van der Waals surface area contributed by atoms with E-state index in [2.05, 4.69) is 20.6 Å². The van der Waals surface area contributed by atoms with E-state index in [0.29, 0.717) is 12.5 Å². The highest BCUT2D eigenvalue weighted by atomic mass is 127. The molecule has 1 rings (SSSR count). The molecule has 1 aromatic rings. The van der Waals surface area contributed by atoms with Gasteiger partial charge in [-0.05, 0) is 0 Å². The van der Waals surface area contributed by atoms with Gasteiger partial charge in [0.25, 0.3) is 0 Å². The average molecular weight is 380 g/mol. The predicted octanol–water partition coefficient (Wildman–Crippen LogP) is -0.209. The summed E-state index contributed by atoms with van der Waals surface area (Å²) >= 11 is 0. The average Bonchev–Trinajstić information content (AvgIpc) is 2.74. The summed E-state index contributed by atoms with van der Waals surface area (Å²) in [6.07, 6.45) is 3.62. The zero-order chi connectivity index (χ0) is 13.5. The highest BCUT2D eigenvalue weighted by molar-refractivity contribution is 14.0. The molecule has 1 aromatic heterocycles. The first kappa shape index (κ1) is 17.7. The van der Waals surface area contributed by atoms with Crippen LogP contribution in [0.4, 0.5) is 0 Å². The third-order valence-corrected chi connectivity index (χ3v) is 2.46. The molecule has 19 heavy (non-hydrogen) atoms. The van der Waals surface area contributed by atoms with Gasteiger partial charge < -0.3 is 20.1 Å². The van der Waals surface area contributed by atoms with Gasteiger partial charge >= 0.3 is 0 Å². The van der Waals surface area contributed by atoms with E-state index in [1.165, 1.54) is 4.90 Å². The number of nitrogens with one attached hydrogen (secondary N) is 2. The molecule has 0 aromatic carbocycles. The minimum absolute atomic E-state index is 0. The van der Waals surface area contributed by atoms with Gasteiger partial charge in [-0.25, -0.2) is 4.98 Å². The molecule has 0 saturated heterocycles. The van der Waals surface area contributed by atoms with Crippen LogP contribution in [0.25, 0.3) is 0 Å². The number of carbonyl (C=O) groups is 1. The summed E-state index contributed by atoms with van der Waals surface area (Å²) in [5, 5.41) is 6.03. The number of carbonyl (C=O) groups excluding carboxylic acids is 1. The summed E-state index contributed by atoms with van der Waals surface area (Å²) in [4.78, 5) is 21.2. The Morgan fingerprint density at radius 3 is 2.63 bits per heavy atom. The van der Waals surface area contributed by atoms with Crippen molar-refractivity contribution in [3.63, 3.8) is 0 Å². The molecule has 0 aliphatic rings. The Hall–Kier alpha value is -1.32. The number of aryl methyl sites for hydroxylation is 1. The van der Waals surface area contributed by atoms with Gasteiger partial charge in [-0.15, -0.1) is 24.0 Å². The van der Waals surface area contributed by atoms with Crippen LogP contribution in [0.2, 0.25) is 0 Å². The van der Waals surface area contributed by atoms with Crippen molar-refractivity contribution in [2.24, 2.45) is 12.0 Å². The Balaban J connectivity index is 0.00000324. The number of nitrogens with zero attached hydrogens (tertiary/aromatic N) is 4. The molecule has 0 saturated carbocycles. The second-order valence-corrected chi connectivity index (χ2v) is 4.02. The highest BCUT2D eigenvalue weighted by Crippen LogP contribution is 1.92. The summed E-state index contributed by atoms with van der Waals surface area (Å²) < 4.78 is 1.92. The number of halogens is 1. The Morgan fingerprint density at radius 2 is 2.16 bits per heavy atom. The van der Waals surface area contributed by atoms with Crippen LogP contribution in [0.1, 0.15) is 5.82 Å². The fourth-order valence-corrected chi connectivity index (χ4v) is 1.27. The molecule has 0 aliphatic heterocycles. The van der Waals surface area contributed by atoms with Gasteiger partial charge in [0.1, 0.15) is 5.82 Å². The minimum atomic E-state index is -0.00468. The number of aromatic nitrogens is 2. The minimum Gasteiger partial charge on any atom is -0.349 e. The molecule has 1 amide bonds. The van der Waals surface area contributed by atoms with Gasteiger partial charge in [0, 0.05) is 40.6 Å². The first-order chi connectivity index (χ1) is 8.54. The van der Waals surface area contributed by atoms with E-state index in [1.54, 1.807) is 27.3 Å². The lowest BCUT2D eigenvalue weighted by molar-refractivity contribution is -0.127. The number of aliphatic imine (C=N–C) groups is 1. The monoisotopic (exact) mass is 380 g/mol. The van der Waals surface area contributed by atoms with Crippen molar-refractivity contribution in [3.05, 3.63) is 18.2 Å². The molecule has 0 radical (unpaired) electrons. The number of rotatable bonds is 4. The summed E-state index contributed by atoms with van der Waals surface area (Å²) in [5.74, 6) is 1.47. The maximum absolute atomic E-state index is 11.4. The van der Waals surface area contributed by atoms with Crippen LogP contribution in [0.5, 0.6) is 0 Å². The summed E-state index contributed by atoms with van der Waals surface area (Å²) in [7, 11) is 7.02. The Morgan fingerprint density at radius 1 is 1.47 bits per heavy atom. The van der Waals surface area contributed by atoms with Crippen LogP contribution in [-0.4, -0.2) is 54.0 Å². The van der Waals surface area contributed by atoms with Crippen LogP contribution in [-0.2, 0) is 18.4 Å². The lowest BCUT2D eigenvalue weighted by atomic mass is 10.5. The van der Waals surface area contributed by atoms with Crippen LogP contribution in [0, 0.1) is 0 Å². The molecule has 0 unspecified atom stereocenters. The van der Waals surface area contributed by atoms with E-state index in [9.17, 15) is 4.79 Å². The van der Waals surface area contributed by atoms with Gasteiger partial charge in [0.15, 0.2) is 5.96 Å². The molecule has 108 valence electrons. The first-order valence-corrected chi connectivity index (χ1v) is 5.65. The van der Waals surface area contributed by atoms with Crippen LogP contribution in [0.3, 0.4) is 0 Å². The lowest BCUT2D eigenvalue weighted by Crippen LogP contribution is -2.42. The molecule has 0 aliphatic carbocycles. The standard InChI is InChI=1S/C11H20N6O.HI/c1-12-11(15-8-10(18)16(2)3)14-7-9-13-5-6-17(9)4;/h5-6H,7-8H2,1-4H3,(H2,12,14,15);1H. The summed E-state index contributed by atoms with van der Waals surface area (Å²) in [6.45, 7) is 0.770. The van der Waals surface area contributed by atoms with E-state index >= 15 is 0 Å². The fourth-order valence-electron chi connectivity index (χ4n) is 1.27. The first-order valence-electron chi connectivity index (χ1n) is 5.65. The third kappa shape index (κ3) is 5.90. The number of hydrogen-bond acceptors (Lipinski definition) is 3. The second kappa shape index (κ2) is 8.73. The van der Waals surface area contributed by atoms with E-state index < -0.39 is 0 Å². The molecule has 8 heteroatoms. The van der Waals surface area contributed by atoms with E-state index in [1.807, 2.05) is 17.8 Å². The smallest absolute Gasteiger partial charge is 0.241 e. The molecular formula is C11H21IN6O. The molecule has 7 nitrogen and oxygen atoms in total. The topological polar surface area (TPSA) is 74.6 Å². The van der Waals surface area contributed by atoms with Crippen LogP contribution >= 0.6 is 24.0 Å². The molecule has 2 N–H and O–H groups in total. The maximum Gasteiger partial charge on any atom is 0.241 e. The van der Waals surface area contributed by atoms with Gasteiger partial charge in [0.05, 0.1) is 13.1 Å². The Kier molecular flexibility index (Phi) is 8.12. The van der Waals surface area contributed by atoms with Crippen molar-refractivity contribution in [3.8, 4) is 0 Å². The molecule has 0 atom stereocenters. The maximum atomic E-state index is 11.4. The van der Waals surface area contributed by atoms with Crippen molar-refractivity contribution in [2.45, 2.75) is 6.54 Å². The summed E-state index contributed by atoms with van der Waals surface area (Å²) in [6, 6.07) is 0. The third-order valence-electron chi connectivity index (χ3n) is 2.46. The quantitative estimate of drug-likeness (QED) is 0.431. The number of hydrogen-bond donors (Lipinski definition) is 2. The number of amides is 1. The number of imidazole rings is 1. The van der Waals surface area contributed by atoms with E-state index in [0.717, 1.165) is 5.82 Å². The summed E-state index contributed by atoms with van der Waals surface area (Å²) in [5.41, 5.74) is 0. The van der Waals surface area contributed by atoms with Crippen LogP contribution < -0.4 is 10.6 Å². The molecule has 1 heterocycles. The lowest BCUT2D eigenvalue weighted by Gasteiger charge is -2.14. The largest absolute Gasteiger partial charge is 0.349 e. The van der Waals surface area contributed by atoms with E-state index in [4.69, 9.17) is 0 Å². The Bertz CT molecular complexity index is 429. The van der Waals surface area contributed by atoms with Crippen molar-refractivity contribution in [2.75, 3.05) is 27.7 Å². The van der Waals surface area contributed by atoms with Gasteiger partial charge in [-0.2, -0.15) is 0 Å². The zero-order valence-corrected chi connectivity index (χ0v) is 14.0. The van der Waals surface area contributed by atoms with Crippen molar-refractivity contribution in [1.29, 1.82) is 0 Å². The number of likely N-dealkylation sites (N-methyl/N-ethyl adjacent to an activating group) is 1. The second-order valence-electron chi connectivity index (χ2n) is 4.02. The van der Waals surface area contributed by atoms with E-state index in [-0.39, 0.29) is 36.4 Å². The normalized spacial score (nSPS) is 10.6. The predicted molar refractivity (Wildman–Crippen MR) is 85.5 cm³/mol. The molecular weight excluding hydrogens is 359 g/mol. The fraction of sp³-hybridized carbons (Fsp3) is 0.545. The van der Waals surface area contributed by atoms with Gasteiger partial charge in [0.2, 0.25) is 5.91 Å². The van der Waals surface area contributed by atoms with Gasteiger partial charge in [-0.1, -0.05) is 0 Å². The number of guanidine groups is 1. The van der Waals surface area contributed by atoms with Crippen LogP contribution in [0.15, 0.2) is 17.4 Å². The van der Waals surface area contributed by atoms with Crippen molar-refractivity contribution < 1.29 is 4.79 Å². The molecule has 0 spiro atoms. The molecule has 0 fully saturated rings.